The van der Waals surface area contributed by atoms with Gasteiger partial charge in [-0.2, -0.15) is 5.10 Å². The molecule has 1 aliphatic heterocycles. The number of likely N-dealkylation sites (N-methyl/N-ethyl adjacent to an activating group) is 1. The summed E-state index contributed by atoms with van der Waals surface area (Å²) in [7, 11) is 5.63. The Morgan fingerprint density at radius 1 is 1.22 bits per heavy atom. The van der Waals surface area contributed by atoms with E-state index in [0.717, 1.165) is 62.2 Å². The zero-order chi connectivity index (χ0) is 22.7. The summed E-state index contributed by atoms with van der Waals surface area (Å²) in [5, 5.41) is 7.91. The molecule has 0 spiro atoms. The summed E-state index contributed by atoms with van der Waals surface area (Å²) in [6.45, 7) is 1.97. The normalized spacial score (nSPS) is 20.1. The minimum absolute atomic E-state index is 0.0423. The molecule has 1 aromatic carbocycles. The smallest absolute Gasteiger partial charge is 0.345 e. The lowest BCUT2D eigenvalue weighted by molar-refractivity contribution is -0.127. The van der Waals surface area contributed by atoms with E-state index in [-0.39, 0.29) is 17.6 Å². The van der Waals surface area contributed by atoms with Gasteiger partial charge >= 0.3 is 5.69 Å². The van der Waals surface area contributed by atoms with E-state index in [1.54, 1.807) is 16.4 Å². The van der Waals surface area contributed by atoms with E-state index in [0.29, 0.717) is 19.5 Å². The molecule has 2 aliphatic rings. The van der Waals surface area contributed by atoms with Crippen molar-refractivity contribution in [2.75, 3.05) is 27.7 Å². The van der Waals surface area contributed by atoms with Gasteiger partial charge in [0, 0.05) is 25.6 Å². The van der Waals surface area contributed by atoms with Crippen LogP contribution in [0, 0.1) is 0 Å². The second-order valence-corrected chi connectivity index (χ2v) is 9.39. The lowest BCUT2D eigenvalue weighted by Crippen LogP contribution is -2.47. The first-order chi connectivity index (χ1) is 15.4. The third kappa shape index (κ3) is 4.46. The van der Waals surface area contributed by atoms with Crippen molar-refractivity contribution in [3.8, 4) is 5.75 Å². The van der Waals surface area contributed by atoms with Crippen molar-refractivity contribution in [2.45, 2.75) is 69.5 Å². The van der Waals surface area contributed by atoms with Gasteiger partial charge in [0.2, 0.25) is 5.91 Å². The molecule has 1 N–H and O–H groups in total. The highest BCUT2D eigenvalue weighted by atomic mass is 16.5. The third-order valence-electron chi connectivity index (χ3n) is 7.05. The van der Waals surface area contributed by atoms with Crippen LogP contribution in [0.15, 0.2) is 29.1 Å². The molecule has 0 saturated heterocycles. The Balaban J connectivity index is 1.44. The summed E-state index contributed by atoms with van der Waals surface area (Å²) in [6, 6.07) is 7.99. The maximum absolute atomic E-state index is 13.5. The van der Waals surface area contributed by atoms with Crippen molar-refractivity contribution in [3.05, 3.63) is 46.1 Å². The van der Waals surface area contributed by atoms with Crippen LogP contribution in [0.2, 0.25) is 0 Å². The molecule has 8 nitrogen and oxygen atoms in total. The number of rotatable bonds is 7. The van der Waals surface area contributed by atoms with Gasteiger partial charge in [-0.3, -0.25) is 9.36 Å². The summed E-state index contributed by atoms with van der Waals surface area (Å²) in [6.07, 6.45) is 6.11. The van der Waals surface area contributed by atoms with Crippen LogP contribution >= 0.6 is 0 Å². The number of aryl methyl sites for hydroxylation is 1. The number of hydrogen-bond donors (Lipinski definition) is 1. The van der Waals surface area contributed by atoms with Crippen molar-refractivity contribution < 1.29 is 9.53 Å². The fraction of sp³-hybridized carbons (Fsp3) is 0.625. The van der Waals surface area contributed by atoms with Gasteiger partial charge < -0.3 is 15.0 Å². The number of benzene rings is 1. The van der Waals surface area contributed by atoms with Gasteiger partial charge in [-0.1, -0.05) is 25.0 Å². The summed E-state index contributed by atoms with van der Waals surface area (Å²) in [4.78, 5) is 28.3. The van der Waals surface area contributed by atoms with Crippen LogP contribution in [0.1, 0.15) is 49.9 Å². The van der Waals surface area contributed by atoms with Gasteiger partial charge in [-0.25, -0.2) is 9.48 Å². The molecule has 0 radical (unpaired) electrons. The molecule has 2 aromatic rings. The summed E-state index contributed by atoms with van der Waals surface area (Å²) in [5.74, 6) is 1.75. The molecule has 1 unspecified atom stereocenters. The van der Waals surface area contributed by atoms with Crippen molar-refractivity contribution in [1.82, 2.24) is 24.6 Å². The van der Waals surface area contributed by atoms with E-state index in [1.165, 1.54) is 0 Å². The summed E-state index contributed by atoms with van der Waals surface area (Å²) in [5.41, 5.74) is 0.559. The van der Waals surface area contributed by atoms with Gasteiger partial charge in [-0.15, -0.1) is 0 Å². The van der Waals surface area contributed by atoms with Crippen molar-refractivity contribution >= 4 is 5.91 Å². The molecule has 174 valence electrons. The largest absolute Gasteiger partial charge is 0.497 e. The summed E-state index contributed by atoms with van der Waals surface area (Å²) < 4.78 is 8.65. The SMILES string of the molecule is COc1ccc(C2(C(=O)NC3CCc4nn(CCN(C)C)c(=O)n4CC3)CCCC2)cc1. The Morgan fingerprint density at radius 3 is 2.59 bits per heavy atom. The predicted octanol–water partition coefficient (Wildman–Crippen LogP) is 1.95. The molecular formula is C24H35N5O3. The molecule has 1 aromatic heterocycles. The van der Waals surface area contributed by atoms with E-state index in [4.69, 9.17) is 4.74 Å². The molecule has 1 atom stereocenters. The van der Waals surface area contributed by atoms with E-state index >= 15 is 0 Å². The maximum Gasteiger partial charge on any atom is 0.345 e. The van der Waals surface area contributed by atoms with Crippen LogP contribution in [-0.4, -0.2) is 58.9 Å². The van der Waals surface area contributed by atoms with Gasteiger partial charge in [0.05, 0.1) is 19.1 Å². The highest BCUT2D eigenvalue weighted by Gasteiger charge is 2.43. The Morgan fingerprint density at radius 2 is 1.94 bits per heavy atom. The first kappa shape index (κ1) is 22.6. The molecule has 1 aliphatic carbocycles. The molecule has 1 saturated carbocycles. The number of nitrogens with zero attached hydrogens (tertiary/aromatic N) is 4. The fourth-order valence-electron chi connectivity index (χ4n) is 5.07. The monoisotopic (exact) mass is 441 g/mol. The van der Waals surface area contributed by atoms with Gasteiger partial charge in [0.1, 0.15) is 11.6 Å². The van der Waals surface area contributed by atoms with Crippen molar-refractivity contribution in [2.24, 2.45) is 0 Å². The van der Waals surface area contributed by atoms with Crippen LogP contribution < -0.4 is 15.7 Å². The van der Waals surface area contributed by atoms with Crippen molar-refractivity contribution in [3.63, 3.8) is 0 Å². The molecule has 1 fully saturated rings. The Labute approximate surface area is 189 Å². The van der Waals surface area contributed by atoms with Crippen molar-refractivity contribution in [1.29, 1.82) is 0 Å². The van der Waals surface area contributed by atoms with Gasteiger partial charge in [0.25, 0.3) is 0 Å². The first-order valence-corrected chi connectivity index (χ1v) is 11.7. The van der Waals surface area contributed by atoms with Crippen LogP contribution in [-0.2, 0) is 29.7 Å². The Kier molecular flexibility index (Phi) is 6.69. The zero-order valence-electron chi connectivity index (χ0n) is 19.5. The third-order valence-corrected chi connectivity index (χ3v) is 7.05. The van der Waals surface area contributed by atoms with E-state index in [9.17, 15) is 9.59 Å². The van der Waals surface area contributed by atoms with Crippen LogP contribution in [0.3, 0.4) is 0 Å². The number of amides is 1. The van der Waals surface area contributed by atoms with E-state index in [1.807, 2.05) is 43.3 Å². The Bertz CT molecular complexity index is 986. The van der Waals surface area contributed by atoms with Crippen LogP contribution in [0.4, 0.5) is 0 Å². The number of fused-ring (bicyclic) bond motifs is 1. The number of ether oxygens (including phenoxy) is 1. The number of hydrogen-bond acceptors (Lipinski definition) is 5. The number of carbonyl (C=O) groups excluding carboxylic acids is 1. The molecule has 8 heteroatoms. The highest BCUT2D eigenvalue weighted by Crippen LogP contribution is 2.42. The van der Waals surface area contributed by atoms with Crippen LogP contribution in [0.5, 0.6) is 5.75 Å². The topological polar surface area (TPSA) is 81.4 Å². The maximum atomic E-state index is 13.5. The second kappa shape index (κ2) is 9.48. The molecule has 32 heavy (non-hydrogen) atoms. The van der Waals surface area contributed by atoms with Crippen LogP contribution in [0.25, 0.3) is 0 Å². The second-order valence-electron chi connectivity index (χ2n) is 9.39. The zero-order valence-corrected chi connectivity index (χ0v) is 19.5. The van der Waals surface area contributed by atoms with E-state index < -0.39 is 5.41 Å². The number of nitrogens with one attached hydrogen (secondary N) is 1. The lowest BCUT2D eigenvalue weighted by atomic mass is 9.77. The molecule has 0 bridgehead atoms. The standard InChI is InChI=1S/C24H35N5O3/c1-27(2)16-17-29-23(31)28-15-12-19(8-11-21(28)26-29)25-22(30)24(13-4-5-14-24)18-6-9-20(32-3)10-7-18/h6-7,9-10,19H,4-5,8,11-17H2,1-3H3,(H,25,30). The molecule has 4 rings (SSSR count). The average Bonchev–Trinajstić information content (AvgIpc) is 3.34. The van der Waals surface area contributed by atoms with Gasteiger partial charge in [0.15, 0.2) is 0 Å². The summed E-state index contributed by atoms with van der Waals surface area (Å²) >= 11 is 0. The van der Waals surface area contributed by atoms with Gasteiger partial charge in [-0.05, 0) is 57.5 Å². The number of aromatic nitrogens is 3. The molecular weight excluding hydrogens is 406 g/mol. The minimum atomic E-state index is -0.467. The Hall–Kier alpha value is -2.61. The minimum Gasteiger partial charge on any atom is -0.497 e. The molecule has 1 amide bonds. The first-order valence-electron chi connectivity index (χ1n) is 11.7. The fourth-order valence-corrected chi connectivity index (χ4v) is 5.07. The predicted molar refractivity (Wildman–Crippen MR) is 123 cm³/mol. The highest BCUT2D eigenvalue weighted by molar-refractivity contribution is 5.88. The number of methoxy groups -OCH3 is 1. The quantitative estimate of drug-likeness (QED) is 0.710. The number of carbonyl (C=O) groups is 1. The lowest BCUT2D eigenvalue weighted by Gasteiger charge is -2.31. The average molecular weight is 442 g/mol. The van der Waals surface area contributed by atoms with E-state index in [2.05, 4.69) is 10.4 Å². The molecule has 2 heterocycles.